The molecule has 31 heavy (non-hydrogen) atoms. The molecule has 4 rings (SSSR count). The number of hydrogen-bond acceptors (Lipinski definition) is 4. The van der Waals surface area contributed by atoms with Gasteiger partial charge in [0.1, 0.15) is 5.76 Å². The van der Waals surface area contributed by atoms with E-state index in [1.165, 1.54) is 94.8 Å². The predicted molar refractivity (Wildman–Crippen MR) is 125 cm³/mol. The Morgan fingerprint density at radius 3 is 2.16 bits per heavy atom. The van der Waals surface area contributed by atoms with Gasteiger partial charge in [0, 0.05) is 11.8 Å². The van der Waals surface area contributed by atoms with Crippen molar-refractivity contribution in [2.24, 2.45) is 17.3 Å². The molecule has 0 radical (unpaired) electrons. The molecule has 0 spiro atoms. The third-order valence-electron chi connectivity index (χ3n) is 9.33. The number of aliphatic hydroxyl groups is 1. The van der Waals surface area contributed by atoms with E-state index in [-0.39, 0.29) is 11.5 Å². The van der Waals surface area contributed by atoms with Crippen LogP contribution in [-0.4, -0.2) is 23.5 Å². The maximum Gasteiger partial charge on any atom is 0.157 e. The lowest BCUT2D eigenvalue weighted by atomic mass is 9.66. The van der Waals surface area contributed by atoms with Crippen molar-refractivity contribution >= 4 is 0 Å². The summed E-state index contributed by atoms with van der Waals surface area (Å²) >= 11 is 0. The second-order valence-electron chi connectivity index (χ2n) is 11.2. The Balaban J connectivity index is 1.60. The summed E-state index contributed by atoms with van der Waals surface area (Å²) < 4.78 is 6.04. The minimum Gasteiger partial charge on any atom is -0.412 e. The fourth-order valence-electron chi connectivity index (χ4n) is 6.93. The first-order chi connectivity index (χ1) is 15.1. The number of allylic oxidation sites excluding steroid dienone is 1. The van der Waals surface area contributed by atoms with Crippen LogP contribution in [0.15, 0.2) is 11.3 Å². The van der Waals surface area contributed by atoms with Crippen LogP contribution in [0.3, 0.4) is 0 Å². The molecule has 178 valence electrons. The summed E-state index contributed by atoms with van der Waals surface area (Å²) in [5.74, 6) is 1.80. The highest BCUT2D eigenvalue weighted by Crippen LogP contribution is 2.52. The van der Waals surface area contributed by atoms with Gasteiger partial charge in [-0.2, -0.15) is 0 Å². The molecule has 0 saturated carbocycles. The van der Waals surface area contributed by atoms with Gasteiger partial charge in [-0.05, 0) is 43.1 Å². The van der Waals surface area contributed by atoms with Crippen LogP contribution in [0.4, 0.5) is 0 Å². The van der Waals surface area contributed by atoms with Crippen LogP contribution in [0.2, 0.25) is 0 Å². The van der Waals surface area contributed by atoms with Gasteiger partial charge in [0.15, 0.2) is 6.29 Å². The van der Waals surface area contributed by atoms with E-state index >= 15 is 0 Å². The zero-order chi connectivity index (χ0) is 21.7. The van der Waals surface area contributed by atoms with Crippen LogP contribution in [0.1, 0.15) is 123 Å². The van der Waals surface area contributed by atoms with Crippen molar-refractivity contribution in [3.05, 3.63) is 11.3 Å². The molecule has 2 fully saturated rings. The standard InChI is InChI=1S/C27H47NO3/c1-3-26(4-2)15-13-11-9-7-5-6-8-10-12-14-16-27-20-30-25(29)21-17-22(19-26)24(31-28-27)23(27)18-21/h21,23,25,28-29H,3-20H2,1-2H3. The van der Waals surface area contributed by atoms with Crippen molar-refractivity contribution in [3.63, 3.8) is 0 Å². The molecule has 2 saturated heterocycles. The first-order valence-electron chi connectivity index (χ1n) is 13.6. The van der Waals surface area contributed by atoms with E-state index in [4.69, 9.17) is 9.57 Å². The Labute approximate surface area is 190 Å². The van der Waals surface area contributed by atoms with Crippen molar-refractivity contribution in [1.29, 1.82) is 0 Å². The second-order valence-corrected chi connectivity index (χ2v) is 11.2. The van der Waals surface area contributed by atoms with Gasteiger partial charge in [-0.15, -0.1) is 5.48 Å². The number of hydrogen-bond donors (Lipinski definition) is 2. The molecule has 0 aromatic heterocycles. The number of hydroxylamine groups is 1. The molecule has 4 aliphatic rings. The maximum absolute atomic E-state index is 10.8. The second kappa shape index (κ2) is 10.6. The summed E-state index contributed by atoms with van der Waals surface area (Å²) in [5, 5.41) is 10.8. The third-order valence-corrected chi connectivity index (χ3v) is 9.33. The van der Waals surface area contributed by atoms with Gasteiger partial charge in [0.25, 0.3) is 0 Å². The first kappa shape index (κ1) is 23.6. The normalized spacial score (nSPS) is 37.6. The van der Waals surface area contributed by atoms with Crippen LogP contribution in [0.25, 0.3) is 0 Å². The number of rotatable bonds is 2. The minimum absolute atomic E-state index is 0.150. The van der Waals surface area contributed by atoms with Gasteiger partial charge in [-0.25, -0.2) is 0 Å². The smallest absolute Gasteiger partial charge is 0.157 e. The molecule has 2 aliphatic carbocycles. The average Bonchev–Trinajstić information content (AvgIpc) is 3.11. The van der Waals surface area contributed by atoms with Gasteiger partial charge in [-0.3, -0.25) is 0 Å². The van der Waals surface area contributed by atoms with Crippen molar-refractivity contribution in [3.8, 4) is 0 Å². The summed E-state index contributed by atoms with van der Waals surface area (Å²) in [6.45, 7) is 5.33. The fraction of sp³-hybridized carbons (Fsp3) is 0.926. The van der Waals surface area contributed by atoms with Crippen LogP contribution in [-0.2, 0) is 9.57 Å². The van der Waals surface area contributed by atoms with Gasteiger partial charge in [0.05, 0.1) is 12.1 Å². The number of ether oxygens (including phenoxy) is 1. The molecule has 0 aromatic carbocycles. The molecular formula is C27H47NO3. The monoisotopic (exact) mass is 433 g/mol. The lowest BCUT2D eigenvalue weighted by Gasteiger charge is -2.37. The summed E-state index contributed by atoms with van der Waals surface area (Å²) in [7, 11) is 0. The Morgan fingerprint density at radius 1 is 0.903 bits per heavy atom. The Bertz CT molecular complexity index is 614. The summed E-state index contributed by atoms with van der Waals surface area (Å²) in [5.41, 5.74) is 5.17. The molecule has 2 N–H and O–H groups in total. The van der Waals surface area contributed by atoms with Crippen molar-refractivity contribution in [1.82, 2.24) is 5.48 Å². The van der Waals surface area contributed by atoms with Crippen LogP contribution >= 0.6 is 0 Å². The maximum atomic E-state index is 10.8. The lowest BCUT2D eigenvalue weighted by molar-refractivity contribution is -0.143. The summed E-state index contributed by atoms with van der Waals surface area (Å²) in [6.07, 6.45) is 20.9. The molecule has 2 aliphatic heterocycles. The van der Waals surface area contributed by atoms with Crippen molar-refractivity contribution < 1.29 is 14.7 Å². The molecule has 0 aromatic rings. The van der Waals surface area contributed by atoms with Crippen molar-refractivity contribution in [2.45, 2.75) is 135 Å². The predicted octanol–water partition coefficient (Wildman–Crippen LogP) is 6.78. The third kappa shape index (κ3) is 5.17. The Morgan fingerprint density at radius 2 is 1.52 bits per heavy atom. The van der Waals surface area contributed by atoms with E-state index in [2.05, 4.69) is 19.3 Å². The van der Waals surface area contributed by atoms with E-state index in [9.17, 15) is 5.11 Å². The topological polar surface area (TPSA) is 50.7 Å². The largest absolute Gasteiger partial charge is 0.412 e. The van der Waals surface area contributed by atoms with Gasteiger partial charge >= 0.3 is 0 Å². The minimum atomic E-state index is -0.632. The SMILES string of the molecule is CCC1(CC)CCCCCCCCCCCCC23COC(O)C4CC(=C(ON2)C3C4)C1. The van der Waals surface area contributed by atoms with Gasteiger partial charge in [-0.1, -0.05) is 90.9 Å². The first-order valence-corrected chi connectivity index (χ1v) is 13.6. The van der Waals surface area contributed by atoms with E-state index in [0.717, 1.165) is 25.7 Å². The highest BCUT2D eigenvalue weighted by Gasteiger charge is 2.55. The Hall–Kier alpha value is -0.580. The molecular weight excluding hydrogens is 386 g/mol. The highest BCUT2D eigenvalue weighted by molar-refractivity contribution is 5.26. The number of fused-ring (bicyclic) bond motifs is 1. The van der Waals surface area contributed by atoms with Gasteiger partial charge in [0.2, 0.25) is 0 Å². The zero-order valence-corrected chi connectivity index (χ0v) is 20.2. The quantitative estimate of drug-likeness (QED) is 0.504. The molecule has 4 atom stereocenters. The molecule has 5 bridgehead atoms. The van der Waals surface area contributed by atoms with Gasteiger partial charge < -0.3 is 14.7 Å². The summed E-state index contributed by atoms with van der Waals surface area (Å²) in [4.78, 5) is 6.31. The molecule has 4 nitrogen and oxygen atoms in total. The zero-order valence-electron chi connectivity index (χ0n) is 20.2. The van der Waals surface area contributed by atoms with E-state index in [1.807, 2.05) is 0 Å². The molecule has 4 heteroatoms. The molecule has 2 heterocycles. The van der Waals surface area contributed by atoms with Crippen molar-refractivity contribution in [2.75, 3.05) is 6.61 Å². The highest BCUT2D eigenvalue weighted by atomic mass is 16.7. The average molecular weight is 434 g/mol. The molecule has 0 amide bonds. The fourth-order valence-corrected chi connectivity index (χ4v) is 6.93. The Kier molecular flexibility index (Phi) is 8.04. The lowest BCUT2D eigenvalue weighted by Crippen LogP contribution is -2.48. The van der Waals surface area contributed by atoms with E-state index in [1.54, 1.807) is 0 Å². The number of nitrogens with one attached hydrogen (secondary N) is 1. The molecule has 4 unspecified atom stereocenters. The van der Waals surface area contributed by atoms with E-state index < -0.39 is 6.29 Å². The number of aliphatic hydroxyl groups excluding tert-OH is 1. The van der Waals surface area contributed by atoms with E-state index in [0.29, 0.717) is 17.9 Å². The van der Waals surface area contributed by atoms with Crippen LogP contribution in [0, 0.1) is 17.3 Å². The summed E-state index contributed by atoms with van der Waals surface area (Å²) in [6, 6.07) is 0. The van der Waals surface area contributed by atoms with Crippen LogP contribution < -0.4 is 5.48 Å². The van der Waals surface area contributed by atoms with Crippen LogP contribution in [0.5, 0.6) is 0 Å².